The van der Waals surface area contributed by atoms with Crippen molar-refractivity contribution in [2.45, 2.75) is 25.9 Å². The SMILES string of the molecule is CC[Si](=[Zr])CC. The fourth-order valence-corrected chi connectivity index (χ4v) is 0.750. The number of hydrogen-bond donors (Lipinski definition) is 0. The molecule has 0 bridgehead atoms. The minimum absolute atomic E-state index is 0.222. The summed E-state index contributed by atoms with van der Waals surface area (Å²) in [4.78, 5) is 0. The van der Waals surface area contributed by atoms with E-state index in [-0.39, 0.29) is 5.43 Å². The van der Waals surface area contributed by atoms with Crippen LogP contribution < -0.4 is 0 Å². The van der Waals surface area contributed by atoms with Gasteiger partial charge in [-0.1, -0.05) is 0 Å². The molecule has 0 fully saturated rings. The summed E-state index contributed by atoms with van der Waals surface area (Å²) in [7, 11) is 0. The summed E-state index contributed by atoms with van der Waals surface area (Å²) in [5.74, 6) is 0. The Kier molecular flexibility index (Phi) is 5.05. The fourth-order valence-electron chi connectivity index (χ4n) is 0.250. The third-order valence-electron chi connectivity index (χ3n) is 0.854. The fraction of sp³-hybridized carbons (Fsp3) is 1.00. The molecule has 0 aromatic carbocycles. The van der Waals surface area contributed by atoms with Gasteiger partial charge in [-0.2, -0.15) is 0 Å². The van der Waals surface area contributed by atoms with E-state index in [1.165, 1.54) is 12.1 Å². The van der Waals surface area contributed by atoms with Crippen LogP contribution >= 0.6 is 0 Å². The van der Waals surface area contributed by atoms with Crippen LogP contribution in [0, 0.1) is 0 Å². The maximum atomic E-state index is 2.30. The van der Waals surface area contributed by atoms with Crippen LogP contribution in [0.2, 0.25) is 12.1 Å². The zero-order valence-electron chi connectivity index (χ0n) is 4.41. The molecule has 6 heavy (non-hydrogen) atoms. The molecule has 0 rings (SSSR count). The van der Waals surface area contributed by atoms with E-state index in [0.29, 0.717) is 0 Å². The molecule has 0 aliphatic carbocycles. The van der Waals surface area contributed by atoms with Crippen molar-refractivity contribution in [3.8, 4) is 0 Å². The summed E-state index contributed by atoms with van der Waals surface area (Å²) < 4.78 is 0. The topological polar surface area (TPSA) is 0 Å². The Morgan fingerprint density at radius 1 is 1.33 bits per heavy atom. The van der Waals surface area contributed by atoms with Gasteiger partial charge in [0.25, 0.3) is 0 Å². The molecular weight excluding hydrogens is 167 g/mol. The van der Waals surface area contributed by atoms with Crippen molar-refractivity contribution in [1.29, 1.82) is 0 Å². The summed E-state index contributed by atoms with van der Waals surface area (Å²) in [5.41, 5.74) is 0.222. The first-order valence-electron chi connectivity index (χ1n) is 2.37. The molecule has 0 aromatic heterocycles. The van der Waals surface area contributed by atoms with Crippen LogP contribution in [-0.4, -0.2) is 5.43 Å². The van der Waals surface area contributed by atoms with E-state index in [1.807, 2.05) is 0 Å². The number of rotatable bonds is 2. The molecule has 0 spiro atoms. The Balaban J connectivity index is 2.99. The Hall–Kier alpha value is 1.10. The third-order valence-corrected chi connectivity index (χ3v) is 7.77. The van der Waals surface area contributed by atoms with E-state index in [9.17, 15) is 0 Å². The van der Waals surface area contributed by atoms with Gasteiger partial charge in [0.15, 0.2) is 0 Å². The molecule has 0 N–H and O–H groups in total. The van der Waals surface area contributed by atoms with Crippen molar-refractivity contribution in [2.24, 2.45) is 0 Å². The summed E-state index contributed by atoms with van der Waals surface area (Å²) in [6, 6.07) is 2.94. The summed E-state index contributed by atoms with van der Waals surface area (Å²) >= 11 is 1.80. The van der Waals surface area contributed by atoms with Gasteiger partial charge in [-0.15, -0.1) is 0 Å². The van der Waals surface area contributed by atoms with E-state index in [4.69, 9.17) is 0 Å². The Morgan fingerprint density at radius 3 is 1.67 bits per heavy atom. The van der Waals surface area contributed by atoms with Crippen LogP contribution in [-0.2, 0) is 23.3 Å². The molecule has 0 aliphatic rings. The predicted octanol–water partition coefficient (Wildman–Crippen LogP) is 1.56. The molecule has 0 heterocycles. The van der Waals surface area contributed by atoms with Crippen molar-refractivity contribution >= 4 is 5.43 Å². The summed E-state index contributed by atoms with van der Waals surface area (Å²) in [6.45, 7) is 4.60. The zero-order valence-corrected chi connectivity index (χ0v) is 7.87. The molecule has 0 nitrogen and oxygen atoms in total. The van der Waals surface area contributed by atoms with Crippen molar-refractivity contribution in [2.75, 3.05) is 0 Å². The second-order valence-electron chi connectivity index (χ2n) is 1.31. The van der Waals surface area contributed by atoms with Gasteiger partial charge in [0.2, 0.25) is 0 Å². The van der Waals surface area contributed by atoms with Gasteiger partial charge in [-0.3, -0.25) is 0 Å². The van der Waals surface area contributed by atoms with E-state index < -0.39 is 0 Å². The third kappa shape index (κ3) is 3.30. The first kappa shape index (κ1) is 7.10. The van der Waals surface area contributed by atoms with Gasteiger partial charge in [0, 0.05) is 0 Å². The van der Waals surface area contributed by atoms with Gasteiger partial charge in [0.1, 0.15) is 0 Å². The quantitative estimate of drug-likeness (QED) is 0.562. The van der Waals surface area contributed by atoms with E-state index >= 15 is 0 Å². The van der Waals surface area contributed by atoms with Crippen LogP contribution in [0.15, 0.2) is 0 Å². The molecule has 2 heteroatoms. The van der Waals surface area contributed by atoms with Gasteiger partial charge >= 0.3 is 54.7 Å². The second kappa shape index (κ2) is 4.26. The predicted molar refractivity (Wildman–Crippen MR) is 26.7 cm³/mol. The molecule has 0 aliphatic heterocycles. The number of hydrogen-bond acceptors (Lipinski definition) is 0. The standard InChI is InChI=1S/C4H10Si.Zr/c1-3-5-4-2;/h3-4H2,1-2H3;. The van der Waals surface area contributed by atoms with Gasteiger partial charge in [0.05, 0.1) is 0 Å². The van der Waals surface area contributed by atoms with Gasteiger partial charge in [-0.25, -0.2) is 0 Å². The molecular formula is C4H10SiZr. The Morgan fingerprint density at radius 2 is 1.67 bits per heavy atom. The van der Waals surface area contributed by atoms with Crippen molar-refractivity contribution in [3.63, 3.8) is 0 Å². The van der Waals surface area contributed by atoms with Crippen LogP contribution in [0.3, 0.4) is 0 Å². The van der Waals surface area contributed by atoms with Crippen LogP contribution in [0.4, 0.5) is 0 Å². The first-order chi connectivity index (χ1) is 2.81. The maximum absolute atomic E-state index is 2.30. The Labute approximate surface area is 54.7 Å². The molecule has 0 radical (unpaired) electrons. The van der Waals surface area contributed by atoms with E-state index in [1.54, 1.807) is 23.3 Å². The molecule has 0 saturated carbocycles. The van der Waals surface area contributed by atoms with E-state index in [0.717, 1.165) is 0 Å². The van der Waals surface area contributed by atoms with Crippen molar-refractivity contribution in [1.82, 2.24) is 0 Å². The van der Waals surface area contributed by atoms with Crippen LogP contribution in [0.5, 0.6) is 0 Å². The normalized spacial score (nSPS) is 8.17. The molecule has 0 aromatic rings. The second-order valence-corrected chi connectivity index (χ2v) is 9.15. The molecule has 34 valence electrons. The molecule has 0 saturated heterocycles. The summed E-state index contributed by atoms with van der Waals surface area (Å²) in [6.07, 6.45) is 0. The van der Waals surface area contributed by atoms with Crippen molar-refractivity contribution in [3.05, 3.63) is 0 Å². The molecule has 0 amide bonds. The van der Waals surface area contributed by atoms with Crippen LogP contribution in [0.25, 0.3) is 0 Å². The first-order valence-corrected chi connectivity index (χ1v) is 7.97. The average Bonchev–Trinajstić information content (AvgIpc) is 1.65. The van der Waals surface area contributed by atoms with Crippen molar-refractivity contribution < 1.29 is 23.3 Å². The molecule has 0 atom stereocenters. The minimum atomic E-state index is 0.222. The Bertz CT molecular complexity index is 45.5. The van der Waals surface area contributed by atoms with Gasteiger partial charge < -0.3 is 0 Å². The van der Waals surface area contributed by atoms with E-state index in [2.05, 4.69) is 13.8 Å². The van der Waals surface area contributed by atoms with Gasteiger partial charge in [-0.05, 0) is 0 Å². The molecule has 0 unspecified atom stereocenters. The summed E-state index contributed by atoms with van der Waals surface area (Å²) in [5, 5.41) is 0. The zero-order chi connectivity index (χ0) is 4.99. The average molecular weight is 177 g/mol. The van der Waals surface area contributed by atoms with Crippen LogP contribution in [0.1, 0.15) is 13.8 Å². The monoisotopic (exact) mass is 176 g/mol.